The van der Waals surface area contributed by atoms with Crippen molar-refractivity contribution < 1.29 is 9.47 Å². The maximum Gasteiger partial charge on any atom is 0.172 e. The zero-order chi connectivity index (χ0) is 9.19. The molecule has 12 heavy (non-hydrogen) atoms. The number of hydrogen-bond donors (Lipinski definition) is 0. The van der Waals surface area contributed by atoms with Crippen LogP contribution in [0.4, 0.5) is 0 Å². The van der Waals surface area contributed by atoms with E-state index < -0.39 is 0 Å². The van der Waals surface area contributed by atoms with Gasteiger partial charge in [0.05, 0.1) is 13.2 Å². The van der Waals surface area contributed by atoms with Crippen molar-refractivity contribution in [2.24, 2.45) is 11.8 Å². The molecular weight excluding hydrogens is 152 g/mol. The van der Waals surface area contributed by atoms with Gasteiger partial charge in [-0.2, -0.15) is 0 Å². The van der Waals surface area contributed by atoms with Gasteiger partial charge in [0.1, 0.15) is 0 Å². The van der Waals surface area contributed by atoms with Crippen LogP contribution in [-0.2, 0) is 9.47 Å². The van der Waals surface area contributed by atoms with Crippen molar-refractivity contribution in [3.05, 3.63) is 0 Å². The molecule has 0 aromatic carbocycles. The standard InChI is InChI=1S/C10H20O2/c1-8(2)10(9(3)4)11-6-5-7-12-10/h8-9H,5-7H2,1-4H3. The van der Waals surface area contributed by atoms with E-state index >= 15 is 0 Å². The molecule has 1 aliphatic heterocycles. The third kappa shape index (κ3) is 1.64. The normalized spacial score (nSPS) is 23.5. The summed E-state index contributed by atoms with van der Waals surface area (Å²) in [5.74, 6) is 0.536. The van der Waals surface area contributed by atoms with Gasteiger partial charge in [0.2, 0.25) is 0 Å². The summed E-state index contributed by atoms with van der Waals surface area (Å²) in [6.45, 7) is 10.3. The Bertz CT molecular complexity index is 125. The van der Waals surface area contributed by atoms with Crippen LogP contribution >= 0.6 is 0 Å². The first-order valence-corrected chi connectivity index (χ1v) is 4.87. The second-order valence-corrected chi connectivity index (χ2v) is 4.08. The highest BCUT2D eigenvalue weighted by atomic mass is 16.7. The summed E-state index contributed by atoms with van der Waals surface area (Å²) in [6.07, 6.45) is 1.03. The number of hydrogen-bond acceptors (Lipinski definition) is 2. The van der Waals surface area contributed by atoms with Crippen LogP contribution in [-0.4, -0.2) is 19.0 Å². The molecule has 2 nitrogen and oxygen atoms in total. The van der Waals surface area contributed by atoms with Gasteiger partial charge < -0.3 is 9.47 Å². The first-order chi connectivity index (χ1) is 5.59. The van der Waals surface area contributed by atoms with E-state index in [1.165, 1.54) is 0 Å². The van der Waals surface area contributed by atoms with Gasteiger partial charge in [-0.15, -0.1) is 0 Å². The average Bonchev–Trinajstić information content (AvgIpc) is 2.05. The van der Waals surface area contributed by atoms with Gasteiger partial charge in [-0.3, -0.25) is 0 Å². The summed E-state index contributed by atoms with van der Waals surface area (Å²) in [7, 11) is 0. The van der Waals surface area contributed by atoms with Gasteiger partial charge in [0.15, 0.2) is 5.79 Å². The Morgan fingerprint density at radius 1 is 0.917 bits per heavy atom. The van der Waals surface area contributed by atoms with Crippen LogP contribution in [0.15, 0.2) is 0 Å². The molecule has 1 rings (SSSR count). The first kappa shape index (κ1) is 10.0. The van der Waals surface area contributed by atoms with Crippen LogP contribution in [0.2, 0.25) is 0 Å². The van der Waals surface area contributed by atoms with E-state index in [1.54, 1.807) is 0 Å². The second-order valence-electron chi connectivity index (χ2n) is 4.08. The molecule has 0 unspecified atom stereocenters. The summed E-state index contributed by atoms with van der Waals surface area (Å²) in [5, 5.41) is 0. The molecule has 0 amide bonds. The van der Waals surface area contributed by atoms with Gasteiger partial charge in [0, 0.05) is 11.8 Å². The number of rotatable bonds is 2. The molecule has 0 bridgehead atoms. The quantitative estimate of drug-likeness (QED) is 0.637. The molecule has 72 valence electrons. The zero-order valence-corrected chi connectivity index (χ0v) is 8.59. The molecule has 0 atom stereocenters. The molecule has 0 aliphatic carbocycles. The molecule has 0 aromatic heterocycles. The zero-order valence-electron chi connectivity index (χ0n) is 8.59. The van der Waals surface area contributed by atoms with Gasteiger partial charge in [0.25, 0.3) is 0 Å². The highest BCUT2D eigenvalue weighted by molar-refractivity contribution is 4.79. The SMILES string of the molecule is CC(C)C1(C(C)C)OCCCO1. The minimum absolute atomic E-state index is 0.321. The van der Waals surface area contributed by atoms with E-state index in [1.807, 2.05) is 0 Å². The van der Waals surface area contributed by atoms with Crippen molar-refractivity contribution in [3.8, 4) is 0 Å². The van der Waals surface area contributed by atoms with E-state index in [4.69, 9.17) is 9.47 Å². The van der Waals surface area contributed by atoms with Crippen LogP contribution < -0.4 is 0 Å². The lowest BCUT2D eigenvalue weighted by Crippen LogP contribution is -2.49. The predicted octanol–water partition coefficient (Wildman–Crippen LogP) is 2.43. The fourth-order valence-electron chi connectivity index (χ4n) is 1.90. The number of ether oxygens (including phenoxy) is 2. The summed E-state index contributed by atoms with van der Waals surface area (Å²) < 4.78 is 11.5. The molecule has 1 aliphatic rings. The molecule has 0 N–H and O–H groups in total. The van der Waals surface area contributed by atoms with Crippen molar-refractivity contribution in [2.45, 2.75) is 39.9 Å². The van der Waals surface area contributed by atoms with E-state index in [0.717, 1.165) is 19.6 Å². The Morgan fingerprint density at radius 2 is 1.33 bits per heavy atom. The third-order valence-electron chi connectivity index (χ3n) is 2.55. The van der Waals surface area contributed by atoms with Crippen LogP contribution in [0.1, 0.15) is 34.1 Å². The van der Waals surface area contributed by atoms with E-state index in [-0.39, 0.29) is 5.79 Å². The van der Waals surface area contributed by atoms with Crippen LogP contribution in [0.25, 0.3) is 0 Å². The Kier molecular flexibility index (Phi) is 3.13. The lowest BCUT2D eigenvalue weighted by molar-refractivity contribution is -0.310. The summed E-state index contributed by atoms with van der Waals surface area (Å²) in [5.41, 5.74) is 0. The Labute approximate surface area is 75.2 Å². The molecule has 0 aromatic rings. The molecule has 2 heteroatoms. The highest BCUT2D eigenvalue weighted by Gasteiger charge is 2.40. The topological polar surface area (TPSA) is 18.5 Å². The first-order valence-electron chi connectivity index (χ1n) is 4.87. The van der Waals surface area contributed by atoms with Crippen LogP contribution in [0.5, 0.6) is 0 Å². The molecule has 1 saturated heterocycles. The molecular formula is C10H20O2. The second kappa shape index (κ2) is 3.75. The Balaban J connectivity index is 2.70. The van der Waals surface area contributed by atoms with Crippen LogP contribution in [0, 0.1) is 11.8 Å². The highest BCUT2D eigenvalue weighted by Crippen LogP contribution is 2.34. The fraction of sp³-hybridized carbons (Fsp3) is 1.00. The molecule has 0 saturated carbocycles. The maximum absolute atomic E-state index is 5.77. The third-order valence-corrected chi connectivity index (χ3v) is 2.55. The largest absolute Gasteiger partial charge is 0.349 e. The van der Waals surface area contributed by atoms with Crippen molar-refractivity contribution in [2.75, 3.05) is 13.2 Å². The Morgan fingerprint density at radius 3 is 1.58 bits per heavy atom. The Hall–Kier alpha value is -0.0800. The maximum atomic E-state index is 5.77. The van der Waals surface area contributed by atoms with E-state index in [2.05, 4.69) is 27.7 Å². The van der Waals surface area contributed by atoms with Crippen molar-refractivity contribution in [3.63, 3.8) is 0 Å². The van der Waals surface area contributed by atoms with Crippen LogP contribution in [0.3, 0.4) is 0 Å². The van der Waals surface area contributed by atoms with Crippen molar-refractivity contribution in [1.29, 1.82) is 0 Å². The molecule has 0 spiro atoms. The smallest absolute Gasteiger partial charge is 0.172 e. The van der Waals surface area contributed by atoms with E-state index in [9.17, 15) is 0 Å². The minimum atomic E-state index is -0.321. The molecule has 0 radical (unpaired) electrons. The monoisotopic (exact) mass is 172 g/mol. The van der Waals surface area contributed by atoms with Gasteiger partial charge >= 0.3 is 0 Å². The lowest BCUT2D eigenvalue weighted by Gasteiger charge is -2.43. The minimum Gasteiger partial charge on any atom is -0.349 e. The summed E-state index contributed by atoms with van der Waals surface area (Å²) in [4.78, 5) is 0. The van der Waals surface area contributed by atoms with Crippen molar-refractivity contribution in [1.82, 2.24) is 0 Å². The fourth-order valence-corrected chi connectivity index (χ4v) is 1.90. The van der Waals surface area contributed by atoms with Gasteiger partial charge in [-0.1, -0.05) is 27.7 Å². The summed E-state index contributed by atoms with van der Waals surface area (Å²) >= 11 is 0. The predicted molar refractivity (Wildman–Crippen MR) is 48.9 cm³/mol. The van der Waals surface area contributed by atoms with Crippen molar-refractivity contribution >= 4 is 0 Å². The van der Waals surface area contributed by atoms with E-state index in [0.29, 0.717) is 11.8 Å². The lowest BCUT2D eigenvalue weighted by atomic mass is 9.90. The van der Waals surface area contributed by atoms with Gasteiger partial charge in [-0.05, 0) is 6.42 Å². The molecule has 1 heterocycles. The summed E-state index contributed by atoms with van der Waals surface area (Å²) in [6, 6.07) is 0. The van der Waals surface area contributed by atoms with Gasteiger partial charge in [-0.25, -0.2) is 0 Å². The molecule has 1 fully saturated rings. The average molecular weight is 172 g/mol.